The maximum absolute atomic E-state index is 12.3. The number of aromatic carboxylic acids is 1. The van der Waals surface area contributed by atoms with Gasteiger partial charge in [-0.2, -0.15) is 5.10 Å². The first kappa shape index (κ1) is 20.7. The molecule has 0 saturated heterocycles. The Hall–Kier alpha value is -3.60. The van der Waals surface area contributed by atoms with E-state index >= 15 is 0 Å². The maximum Gasteiger partial charge on any atom is 0.371 e. The predicted molar refractivity (Wildman–Crippen MR) is 123 cm³/mol. The van der Waals surface area contributed by atoms with Gasteiger partial charge < -0.3 is 19.2 Å². The molecule has 0 spiro atoms. The van der Waals surface area contributed by atoms with Crippen molar-refractivity contribution < 1.29 is 24.2 Å². The van der Waals surface area contributed by atoms with Crippen LogP contribution in [0.4, 0.5) is 0 Å². The monoisotopic (exact) mass is 529 g/mol. The first-order valence-corrected chi connectivity index (χ1v) is 10.2. The second-order valence-electron chi connectivity index (χ2n) is 6.67. The van der Waals surface area contributed by atoms with Crippen molar-refractivity contribution in [1.29, 1.82) is 0 Å². The van der Waals surface area contributed by atoms with Gasteiger partial charge in [0.15, 0.2) is 0 Å². The number of para-hydroxylation sites is 1. The number of carbonyl (C=O) groups is 2. The van der Waals surface area contributed by atoms with Gasteiger partial charge in [-0.05, 0) is 59.0 Å². The third kappa shape index (κ3) is 4.45. The fourth-order valence-corrected chi connectivity index (χ4v) is 3.47. The maximum atomic E-state index is 12.3. The van der Waals surface area contributed by atoms with E-state index in [4.69, 9.17) is 9.52 Å². The fourth-order valence-electron chi connectivity index (χ4n) is 3.13. The summed E-state index contributed by atoms with van der Waals surface area (Å²) >= 11 is 1.97. The van der Waals surface area contributed by atoms with Crippen molar-refractivity contribution in [3.8, 4) is 5.75 Å². The number of hydrazone groups is 1. The quantitative estimate of drug-likeness (QED) is 0.198. The lowest BCUT2D eigenvalue weighted by atomic mass is 10.2. The van der Waals surface area contributed by atoms with Crippen LogP contribution in [0.5, 0.6) is 5.75 Å². The molecule has 2 heterocycles. The molecule has 2 aromatic heterocycles. The van der Waals surface area contributed by atoms with Crippen molar-refractivity contribution in [2.75, 3.05) is 0 Å². The highest BCUT2D eigenvalue weighted by atomic mass is 127. The smallest absolute Gasteiger partial charge is 0.371 e. The standard InChI is InChI=1S/C22H16IN3O5/c23-17-7-5-13(9-19(17)27)21(28)25-24-10-14-11-26(18-4-2-1-3-16(14)18)12-15-6-8-20(31-15)22(29)30/h1-11,27H,12H2,(H,25,28)(H,29,30)/b24-10-. The lowest BCUT2D eigenvalue weighted by Crippen LogP contribution is -2.17. The number of hydrogen-bond donors (Lipinski definition) is 3. The molecule has 0 unspecified atom stereocenters. The third-order valence-electron chi connectivity index (χ3n) is 4.60. The van der Waals surface area contributed by atoms with Crippen LogP contribution in [0.1, 0.15) is 32.2 Å². The Labute approximate surface area is 189 Å². The molecule has 4 aromatic rings. The minimum atomic E-state index is -1.12. The van der Waals surface area contributed by atoms with Crippen LogP contribution in [0, 0.1) is 3.57 Å². The predicted octanol–water partition coefficient (Wildman–Crippen LogP) is 4.05. The molecule has 0 atom stereocenters. The number of carbonyl (C=O) groups excluding carboxylic acids is 1. The fraction of sp³-hybridized carbons (Fsp3) is 0.0455. The molecule has 0 bridgehead atoms. The van der Waals surface area contributed by atoms with Gasteiger partial charge in [-0.1, -0.05) is 18.2 Å². The van der Waals surface area contributed by atoms with Crippen LogP contribution in [-0.2, 0) is 6.54 Å². The summed E-state index contributed by atoms with van der Waals surface area (Å²) in [5.41, 5.74) is 4.43. The minimum Gasteiger partial charge on any atom is -0.507 e. The second-order valence-corrected chi connectivity index (χ2v) is 7.83. The average Bonchev–Trinajstić information content (AvgIpc) is 3.36. The Kier molecular flexibility index (Phi) is 5.76. The number of carboxylic acids is 1. The van der Waals surface area contributed by atoms with Crippen molar-refractivity contribution in [2.45, 2.75) is 6.54 Å². The van der Waals surface area contributed by atoms with Crippen LogP contribution in [0.3, 0.4) is 0 Å². The molecule has 9 heteroatoms. The number of phenolic OH excluding ortho intramolecular Hbond substituents is 1. The van der Waals surface area contributed by atoms with E-state index in [0.717, 1.165) is 16.5 Å². The highest BCUT2D eigenvalue weighted by Crippen LogP contribution is 2.22. The third-order valence-corrected chi connectivity index (χ3v) is 5.51. The summed E-state index contributed by atoms with van der Waals surface area (Å²) in [5.74, 6) is -1.13. The van der Waals surface area contributed by atoms with Crippen molar-refractivity contribution in [1.82, 2.24) is 9.99 Å². The van der Waals surface area contributed by atoms with Gasteiger partial charge in [-0.25, -0.2) is 10.2 Å². The Balaban J connectivity index is 1.55. The summed E-state index contributed by atoms with van der Waals surface area (Å²) in [6.07, 6.45) is 3.38. The molecular formula is C22H16IN3O5. The van der Waals surface area contributed by atoms with Gasteiger partial charge in [0.1, 0.15) is 11.5 Å². The highest BCUT2D eigenvalue weighted by Gasteiger charge is 2.12. The number of halogens is 1. The Morgan fingerprint density at radius 1 is 1.16 bits per heavy atom. The minimum absolute atomic E-state index is 0.0317. The zero-order valence-electron chi connectivity index (χ0n) is 15.9. The van der Waals surface area contributed by atoms with Crippen LogP contribution in [-0.4, -0.2) is 32.9 Å². The zero-order valence-corrected chi connectivity index (χ0v) is 18.1. The number of rotatable bonds is 6. The molecule has 0 radical (unpaired) electrons. The highest BCUT2D eigenvalue weighted by molar-refractivity contribution is 14.1. The molecule has 0 aliphatic rings. The van der Waals surface area contributed by atoms with E-state index in [1.165, 1.54) is 18.3 Å². The van der Waals surface area contributed by atoms with Crippen molar-refractivity contribution in [2.24, 2.45) is 5.10 Å². The number of fused-ring (bicyclic) bond motifs is 1. The lowest BCUT2D eigenvalue weighted by molar-refractivity contribution is 0.0660. The average molecular weight is 529 g/mol. The molecule has 2 aromatic carbocycles. The molecule has 156 valence electrons. The van der Waals surface area contributed by atoms with Gasteiger partial charge in [0.05, 0.1) is 16.3 Å². The van der Waals surface area contributed by atoms with Crippen LogP contribution in [0.25, 0.3) is 10.9 Å². The van der Waals surface area contributed by atoms with E-state index in [1.807, 2.05) is 57.6 Å². The number of aromatic hydroxyl groups is 1. The number of furan rings is 1. The number of amides is 1. The Bertz CT molecular complexity index is 1320. The van der Waals surface area contributed by atoms with Gasteiger partial charge in [-0.3, -0.25) is 4.79 Å². The normalized spacial score (nSPS) is 11.3. The zero-order chi connectivity index (χ0) is 22.0. The molecule has 31 heavy (non-hydrogen) atoms. The van der Waals surface area contributed by atoms with Crippen LogP contribution in [0.2, 0.25) is 0 Å². The molecule has 0 fully saturated rings. The number of benzene rings is 2. The first-order chi connectivity index (χ1) is 14.9. The topological polar surface area (TPSA) is 117 Å². The lowest BCUT2D eigenvalue weighted by Gasteiger charge is -2.02. The van der Waals surface area contributed by atoms with Crippen molar-refractivity contribution in [3.05, 3.63) is 87.0 Å². The molecule has 1 amide bonds. The summed E-state index contributed by atoms with van der Waals surface area (Å²) < 4.78 is 7.92. The molecule has 4 rings (SSSR count). The summed E-state index contributed by atoms with van der Waals surface area (Å²) in [5, 5.41) is 23.7. The van der Waals surface area contributed by atoms with Crippen LogP contribution < -0.4 is 5.43 Å². The van der Waals surface area contributed by atoms with Gasteiger partial charge in [-0.15, -0.1) is 0 Å². The number of nitrogens with one attached hydrogen (secondary N) is 1. The Morgan fingerprint density at radius 2 is 1.97 bits per heavy atom. The SMILES string of the molecule is O=C(N/N=C\c1cn(Cc2ccc(C(=O)O)o2)c2ccccc12)c1ccc(I)c(O)c1. The van der Waals surface area contributed by atoms with Gasteiger partial charge in [0.25, 0.3) is 5.91 Å². The number of aromatic nitrogens is 1. The molecule has 0 aliphatic carbocycles. The molecule has 3 N–H and O–H groups in total. The first-order valence-electron chi connectivity index (χ1n) is 9.14. The van der Waals surface area contributed by atoms with E-state index in [-0.39, 0.29) is 11.5 Å². The molecule has 8 nitrogen and oxygen atoms in total. The van der Waals surface area contributed by atoms with E-state index in [9.17, 15) is 14.7 Å². The van der Waals surface area contributed by atoms with Gasteiger partial charge >= 0.3 is 5.97 Å². The van der Waals surface area contributed by atoms with Crippen LogP contribution >= 0.6 is 22.6 Å². The number of carboxylic acid groups (broad SMARTS) is 1. The molecule has 0 aliphatic heterocycles. The largest absolute Gasteiger partial charge is 0.507 e. The molecular weight excluding hydrogens is 513 g/mol. The van der Waals surface area contributed by atoms with E-state index in [1.54, 1.807) is 18.2 Å². The molecule has 0 saturated carbocycles. The number of hydrogen-bond acceptors (Lipinski definition) is 5. The number of nitrogens with zero attached hydrogens (tertiary/aromatic N) is 2. The Morgan fingerprint density at radius 3 is 2.71 bits per heavy atom. The van der Waals surface area contributed by atoms with E-state index in [0.29, 0.717) is 21.4 Å². The van der Waals surface area contributed by atoms with Crippen molar-refractivity contribution >= 4 is 51.6 Å². The van der Waals surface area contributed by atoms with E-state index in [2.05, 4.69) is 10.5 Å². The second kappa shape index (κ2) is 8.64. The summed E-state index contributed by atoms with van der Waals surface area (Å²) in [4.78, 5) is 23.3. The van der Waals surface area contributed by atoms with Crippen LogP contribution in [0.15, 0.2) is 70.3 Å². The van der Waals surface area contributed by atoms with E-state index < -0.39 is 11.9 Å². The summed E-state index contributed by atoms with van der Waals surface area (Å²) in [6, 6.07) is 15.3. The number of phenols is 1. The van der Waals surface area contributed by atoms with Gasteiger partial charge in [0, 0.05) is 28.2 Å². The van der Waals surface area contributed by atoms with Crippen molar-refractivity contribution in [3.63, 3.8) is 0 Å². The van der Waals surface area contributed by atoms with Gasteiger partial charge in [0.2, 0.25) is 5.76 Å². The summed E-state index contributed by atoms with van der Waals surface area (Å²) in [7, 11) is 0. The summed E-state index contributed by atoms with van der Waals surface area (Å²) in [6.45, 7) is 0.343.